The van der Waals surface area contributed by atoms with Crippen molar-refractivity contribution in [2.45, 2.75) is 11.8 Å². The third-order valence-electron chi connectivity index (χ3n) is 2.19. The van der Waals surface area contributed by atoms with Crippen molar-refractivity contribution in [2.75, 3.05) is 13.2 Å². The minimum absolute atomic E-state index is 0.0134. The average molecular weight is 272 g/mol. The maximum Gasteiger partial charge on any atom is 0.257 e. The molecule has 0 unspecified atom stereocenters. The lowest BCUT2D eigenvalue weighted by atomic mass is 10.3. The van der Waals surface area contributed by atoms with E-state index in [1.165, 1.54) is 25.1 Å². The summed E-state index contributed by atoms with van der Waals surface area (Å²) in [6, 6.07) is 4.23. The predicted molar refractivity (Wildman–Crippen MR) is 61.6 cm³/mol. The van der Waals surface area contributed by atoms with Crippen LogP contribution >= 0.6 is 0 Å². The largest absolute Gasteiger partial charge is 0.486 e. The van der Waals surface area contributed by atoms with E-state index >= 15 is 0 Å². The molecule has 0 saturated heterocycles. The van der Waals surface area contributed by atoms with Crippen molar-refractivity contribution in [1.82, 2.24) is 10.3 Å². The van der Waals surface area contributed by atoms with Gasteiger partial charge in [-0.05, 0) is 12.1 Å². The summed E-state index contributed by atoms with van der Waals surface area (Å²) in [6.07, 6.45) is 0. The van der Waals surface area contributed by atoms with Crippen molar-refractivity contribution in [3.8, 4) is 11.5 Å². The second-order valence-corrected chi connectivity index (χ2v) is 5.27. The molecule has 1 aliphatic rings. The van der Waals surface area contributed by atoms with Gasteiger partial charge in [0.2, 0.25) is 5.91 Å². The van der Waals surface area contributed by atoms with Crippen molar-refractivity contribution < 1.29 is 22.7 Å². The molecule has 98 valence electrons. The van der Waals surface area contributed by atoms with E-state index in [2.05, 4.69) is 0 Å². The Balaban J connectivity index is 2.25. The Labute approximate surface area is 104 Å². The van der Waals surface area contributed by atoms with E-state index in [1.807, 2.05) is 10.3 Å². The maximum atomic E-state index is 11.8. The number of nitrogens with one attached hydrogen (secondary N) is 2. The lowest BCUT2D eigenvalue weighted by Gasteiger charge is -2.18. The van der Waals surface area contributed by atoms with E-state index in [0.717, 1.165) is 0 Å². The van der Waals surface area contributed by atoms with E-state index in [9.17, 15) is 13.2 Å². The van der Waals surface area contributed by atoms with Gasteiger partial charge in [0.05, 0.1) is 4.90 Å². The van der Waals surface area contributed by atoms with Crippen LogP contribution in [0.15, 0.2) is 23.1 Å². The van der Waals surface area contributed by atoms with Crippen LogP contribution in [0.1, 0.15) is 6.92 Å². The van der Waals surface area contributed by atoms with Gasteiger partial charge in [0.1, 0.15) is 13.2 Å². The molecule has 18 heavy (non-hydrogen) atoms. The Kier molecular flexibility index (Phi) is 3.39. The lowest BCUT2D eigenvalue weighted by Crippen LogP contribution is -2.40. The third kappa shape index (κ3) is 2.71. The van der Waals surface area contributed by atoms with Crippen LogP contribution in [0.2, 0.25) is 0 Å². The fourth-order valence-electron chi connectivity index (χ4n) is 1.39. The Morgan fingerprint density at radius 2 is 1.89 bits per heavy atom. The van der Waals surface area contributed by atoms with Gasteiger partial charge >= 0.3 is 0 Å². The molecule has 1 aromatic rings. The highest BCUT2D eigenvalue weighted by Gasteiger charge is 2.19. The van der Waals surface area contributed by atoms with Crippen molar-refractivity contribution >= 4 is 15.9 Å². The zero-order valence-electron chi connectivity index (χ0n) is 9.60. The van der Waals surface area contributed by atoms with Crippen molar-refractivity contribution in [3.05, 3.63) is 18.2 Å². The highest BCUT2D eigenvalue weighted by molar-refractivity contribution is 7.89. The fraction of sp³-hybridized carbons (Fsp3) is 0.300. The summed E-state index contributed by atoms with van der Waals surface area (Å²) in [5.41, 5.74) is 2.02. The zero-order valence-corrected chi connectivity index (χ0v) is 10.4. The van der Waals surface area contributed by atoms with Gasteiger partial charge in [-0.25, -0.2) is 8.42 Å². The number of carbonyl (C=O) groups is 1. The first kappa shape index (κ1) is 12.7. The fourth-order valence-corrected chi connectivity index (χ4v) is 2.29. The first-order chi connectivity index (χ1) is 8.49. The number of fused-ring (bicyclic) bond motifs is 1. The number of rotatable bonds is 3. The maximum absolute atomic E-state index is 11.8. The van der Waals surface area contributed by atoms with E-state index in [0.29, 0.717) is 24.7 Å². The van der Waals surface area contributed by atoms with Gasteiger partial charge in [0, 0.05) is 13.0 Å². The number of sulfonamides is 1. The average Bonchev–Trinajstić information content (AvgIpc) is 2.36. The second-order valence-electron chi connectivity index (χ2n) is 3.59. The van der Waals surface area contributed by atoms with Gasteiger partial charge < -0.3 is 9.47 Å². The molecular weight excluding hydrogens is 260 g/mol. The summed E-state index contributed by atoms with van der Waals surface area (Å²) >= 11 is 0. The number of hydrogen-bond acceptors (Lipinski definition) is 5. The number of ether oxygens (including phenoxy) is 2. The number of benzene rings is 1. The summed E-state index contributed by atoms with van der Waals surface area (Å²) in [4.78, 5) is 12.6. The van der Waals surface area contributed by atoms with Crippen molar-refractivity contribution in [1.29, 1.82) is 0 Å². The SMILES string of the molecule is CC(=O)NNS(=O)(=O)c1ccc2c(c1)OCCO2. The van der Waals surface area contributed by atoms with Crippen molar-refractivity contribution in [2.24, 2.45) is 0 Å². The van der Waals surface area contributed by atoms with E-state index in [4.69, 9.17) is 9.47 Å². The van der Waals surface area contributed by atoms with E-state index in [-0.39, 0.29) is 4.90 Å². The Morgan fingerprint density at radius 3 is 2.56 bits per heavy atom. The minimum Gasteiger partial charge on any atom is -0.486 e. The highest BCUT2D eigenvalue weighted by Crippen LogP contribution is 2.31. The van der Waals surface area contributed by atoms with E-state index in [1.54, 1.807) is 0 Å². The van der Waals surface area contributed by atoms with E-state index < -0.39 is 15.9 Å². The van der Waals surface area contributed by atoms with Gasteiger partial charge in [0.25, 0.3) is 10.0 Å². The molecule has 0 radical (unpaired) electrons. The number of carbonyl (C=O) groups excluding carboxylic acids is 1. The number of amides is 1. The van der Waals surface area contributed by atoms with Gasteiger partial charge in [0.15, 0.2) is 11.5 Å². The summed E-state index contributed by atoms with van der Waals surface area (Å²) in [5, 5.41) is 0. The Bertz CT molecular complexity index is 570. The van der Waals surface area contributed by atoms with Crippen LogP contribution < -0.4 is 19.7 Å². The molecule has 0 fully saturated rings. The van der Waals surface area contributed by atoms with Crippen LogP contribution in [0.25, 0.3) is 0 Å². The lowest BCUT2D eigenvalue weighted by molar-refractivity contribution is -0.119. The molecule has 0 atom stereocenters. The molecule has 1 aromatic carbocycles. The highest BCUT2D eigenvalue weighted by atomic mass is 32.2. The van der Waals surface area contributed by atoms with Crippen LogP contribution in [-0.4, -0.2) is 27.5 Å². The molecule has 7 nitrogen and oxygen atoms in total. The van der Waals surface area contributed by atoms with Gasteiger partial charge in [-0.3, -0.25) is 10.2 Å². The molecule has 8 heteroatoms. The van der Waals surface area contributed by atoms with Crippen LogP contribution in [0.4, 0.5) is 0 Å². The summed E-state index contributed by atoms with van der Waals surface area (Å²) in [5.74, 6) is 0.364. The van der Waals surface area contributed by atoms with Crippen LogP contribution in [0.5, 0.6) is 11.5 Å². The first-order valence-electron chi connectivity index (χ1n) is 5.17. The normalized spacial score (nSPS) is 14.1. The van der Waals surface area contributed by atoms with Gasteiger partial charge in [-0.1, -0.05) is 0 Å². The van der Waals surface area contributed by atoms with Crippen LogP contribution in [0.3, 0.4) is 0 Å². The first-order valence-corrected chi connectivity index (χ1v) is 6.65. The zero-order chi connectivity index (χ0) is 13.2. The Morgan fingerprint density at radius 1 is 1.22 bits per heavy atom. The smallest absolute Gasteiger partial charge is 0.257 e. The summed E-state index contributed by atoms with van der Waals surface area (Å²) < 4.78 is 34.2. The monoisotopic (exact) mass is 272 g/mol. The van der Waals surface area contributed by atoms with Gasteiger partial charge in [-0.2, -0.15) is 0 Å². The topological polar surface area (TPSA) is 93.7 Å². The molecule has 0 aromatic heterocycles. The standard InChI is InChI=1S/C10H12N2O5S/c1-7(13)11-12-18(14,15)8-2-3-9-10(6-8)17-5-4-16-9/h2-3,6,12H,4-5H2,1H3,(H,11,13). The molecule has 1 amide bonds. The van der Waals surface area contributed by atoms with Crippen LogP contribution in [-0.2, 0) is 14.8 Å². The molecule has 0 aliphatic carbocycles. The molecule has 1 heterocycles. The predicted octanol–water partition coefficient (Wildman–Crippen LogP) is -0.213. The quantitative estimate of drug-likeness (QED) is 0.742. The number of hydrogen-bond donors (Lipinski definition) is 2. The molecule has 0 spiro atoms. The van der Waals surface area contributed by atoms with Crippen molar-refractivity contribution in [3.63, 3.8) is 0 Å². The summed E-state index contributed by atoms with van der Waals surface area (Å²) in [6.45, 7) is 2.01. The third-order valence-corrected chi connectivity index (χ3v) is 3.43. The molecule has 2 rings (SSSR count). The minimum atomic E-state index is -3.81. The summed E-state index contributed by atoms with van der Waals surface area (Å²) in [7, 11) is -3.81. The molecular formula is C10H12N2O5S. The Hall–Kier alpha value is -1.80. The van der Waals surface area contributed by atoms with Gasteiger partial charge in [-0.15, -0.1) is 4.83 Å². The molecule has 2 N–H and O–H groups in total. The second kappa shape index (κ2) is 4.83. The molecule has 0 saturated carbocycles. The number of hydrazine groups is 1. The molecule has 0 bridgehead atoms. The molecule has 1 aliphatic heterocycles. The van der Waals surface area contributed by atoms with Crippen LogP contribution in [0, 0.1) is 0 Å².